The van der Waals surface area contributed by atoms with Crippen LogP contribution in [-0.4, -0.2) is 30.1 Å². The number of aryl methyl sites for hydroxylation is 1. The first-order chi connectivity index (χ1) is 10.2. The molecule has 0 atom stereocenters. The third-order valence-corrected chi connectivity index (χ3v) is 3.85. The Morgan fingerprint density at radius 3 is 2.90 bits per heavy atom. The summed E-state index contributed by atoms with van der Waals surface area (Å²) in [6.45, 7) is 3.16. The van der Waals surface area contributed by atoms with Gasteiger partial charge in [0.15, 0.2) is 0 Å². The Morgan fingerprint density at radius 2 is 2.19 bits per heavy atom. The number of nitrogens with zero attached hydrogens (tertiary/aromatic N) is 1. The minimum atomic E-state index is -0.119. The molecule has 116 valence electrons. The summed E-state index contributed by atoms with van der Waals surface area (Å²) in [5.41, 5.74) is 1.43. The maximum atomic E-state index is 12.1. The van der Waals surface area contributed by atoms with E-state index in [1.807, 2.05) is 6.07 Å². The second-order valence-corrected chi connectivity index (χ2v) is 5.84. The van der Waals surface area contributed by atoms with E-state index in [9.17, 15) is 4.79 Å². The Bertz CT molecular complexity index is 473. The lowest BCUT2D eigenvalue weighted by atomic mass is 10.1. The largest absolute Gasteiger partial charge is 0.376 e. The highest BCUT2D eigenvalue weighted by Gasteiger charge is 2.15. The van der Waals surface area contributed by atoms with Crippen LogP contribution in [0.5, 0.6) is 0 Å². The van der Waals surface area contributed by atoms with E-state index in [0.29, 0.717) is 30.0 Å². The van der Waals surface area contributed by atoms with Gasteiger partial charge in [0.05, 0.1) is 12.7 Å². The third-order valence-electron chi connectivity index (χ3n) is 3.66. The van der Waals surface area contributed by atoms with Crippen LogP contribution in [0.15, 0.2) is 12.1 Å². The second-order valence-electron chi connectivity index (χ2n) is 5.45. The van der Waals surface area contributed by atoms with Crippen molar-refractivity contribution >= 4 is 17.5 Å². The van der Waals surface area contributed by atoms with E-state index in [1.54, 1.807) is 6.07 Å². The molecule has 4 nitrogen and oxygen atoms in total. The van der Waals surface area contributed by atoms with Crippen molar-refractivity contribution < 1.29 is 9.53 Å². The minimum Gasteiger partial charge on any atom is -0.376 e. The highest BCUT2D eigenvalue weighted by molar-refractivity contribution is 6.29. The topological polar surface area (TPSA) is 51.2 Å². The van der Waals surface area contributed by atoms with Gasteiger partial charge in [-0.2, -0.15) is 0 Å². The van der Waals surface area contributed by atoms with E-state index >= 15 is 0 Å². The fourth-order valence-corrected chi connectivity index (χ4v) is 2.84. The molecule has 5 heteroatoms. The number of hydrogen-bond acceptors (Lipinski definition) is 3. The molecule has 1 N–H and O–H groups in total. The molecule has 0 unspecified atom stereocenters. The predicted octanol–water partition coefficient (Wildman–Crippen LogP) is 3.38. The number of rotatable bonds is 7. The fourth-order valence-electron chi connectivity index (χ4n) is 2.61. The zero-order valence-corrected chi connectivity index (χ0v) is 13.3. The summed E-state index contributed by atoms with van der Waals surface area (Å²) >= 11 is 5.96. The second kappa shape index (κ2) is 8.35. The summed E-state index contributed by atoms with van der Waals surface area (Å²) < 4.78 is 5.72. The van der Waals surface area contributed by atoms with Crippen molar-refractivity contribution in [2.75, 3.05) is 13.2 Å². The molecule has 0 radical (unpaired) electrons. The Labute approximate surface area is 131 Å². The predicted molar refractivity (Wildman–Crippen MR) is 83.8 cm³/mol. The molecule has 1 aromatic rings. The molecule has 1 saturated carbocycles. The fraction of sp³-hybridized carbons (Fsp3) is 0.625. The Balaban J connectivity index is 1.79. The molecule has 0 aliphatic heterocycles. The molecule has 1 aromatic heterocycles. The normalized spacial score (nSPS) is 15.3. The number of carbonyl (C=O) groups is 1. The van der Waals surface area contributed by atoms with Crippen LogP contribution in [0.25, 0.3) is 0 Å². The monoisotopic (exact) mass is 310 g/mol. The molecule has 1 aliphatic rings. The first-order valence-corrected chi connectivity index (χ1v) is 8.13. The van der Waals surface area contributed by atoms with E-state index in [2.05, 4.69) is 17.2 Å². The van der Waals surface area contributed by atoms with Gasteiger partial charge in [-0.25, -0.2) is 4.98 Å². The first-order valence-electron chi connectivity index (χ1n) is 7.75. The molecule has 1 fully saturated rings. The van der Waals surface area contributed by atoms with Crippen molar-refractivity contribution in [3.8, 4) is 0 Å². The lowest BCUT2D eigenvalue weighted by Gasteiger charge is -2.12. The molecule has 0 aromatic carbocycles. The summed E-state index contributed by atoms with van der Waals surface area (Å²) in [5.74, 6) is -0.119. The highest BCUT2D eigenvalue weighted by Crippen LogP contribution is 2.20. The SMILES string of the molecule is CCCc1cc(C(=O)NCCOC2CCCC2)cc(Cl)n1. The zero-order chi connectivity index (χ0) is 15.1. The van der Waals surface area contributed by atoms with Gasteiger partial charge >= 0.3 is 0 Å². The first kappa shape index (κ1) is 16.2. The third kappa shape index (κ3) is 5.29. The number of pyridine rings is 1. The van der Waals surface area contributed by atoms with E-state index in [0.717, 1.165) is 31.4 Å². The molecule has 21 heavy (non-hydrogen) atoms. The van der Waals surface area contributed by atoms with Crippen molar-refractivity contribution in [2.45, 2.75) is 51.6 Å². The standard InChI is InChI=1S/C16H23ClN2O2/c1-2-5-13-10-12(11-15(17)19-13)16(20)18-8-9-21-14-6-3-4-7-14/h10-11,14H,2-9H2,1H3,(H,18,20). The van der Waals surface area contributed by atoms with Crippen molar-refractivity contribution in [3.63, 3.8) is 0 Å². The number of nitrogens with one attached hydrogen (secondary N) is 1. The molecule has 0 spiro atoms. The van der Waals surface area contributed by atoms with Crippen LogP contribution in [0.2, 0.25) is 5.15 Å². The van der Waals surface area contributed by atoms with Gasteiger partial charge in [0.25, 0.3) is 5.91 Å². The molecule has 0 bridgehead atoms. The van der Waals surface area contributed by atoms with Gasteiger partial charge in [0.1, 0.15) is 5.15 Å². The van der Waals surface area contributed by atoms with Gasteiger partial charge in [0, 0.05) is 17.8 Å². The lowest BCUT2D eigenvalue weighted by molar-refractivity contribution is 0.0582. The van der Waals surface area contributed by atoms with Gasteiger partial charge < -0.3 is 10.1 Å². The van der Waals surface area contributed by atoms with Crippen LogP contribution in [0, 0.1) is 0 Å². The smallest absolute Gasteiger partial charge is 0.251 e. The van der Waals surface area contributed by atoms with E-state index in [4.69, 9.17) is 16.3 Å². The molecule has 2 rings (SSSR count). The van der Waals surface area contributed by atoms with Crippen molar-refractivity contribution in [3.05, 3.63) is 28.5 Å². The van der Waals surface area contributed by atoms with Crippen molar-refractivity contribution in [1.29, 1.82) is 0 Å². The van der Waals surface area contributed by atoms with Gasteiger partial charge in [-0.05, 0) is 31.4 Å². The number of halogens is 1. The number of aromatic nitrogens is 1. The molecule has 0 saturated heterocycles. The maximum absolute atomic E-state index is 12.1. The van der Waals surface area contributed by atoms with Gasteiger partial charge in [0.2, 0.25) is 0 Å². The van der Waals surface area contributed by atoms with E-state index in [1.165, 1.54) is 12.8 Å². The molecular weight excluding hydrogens is 288 g/mol. The number of amides is 1. The molecule has 1 amide bonds. The maximum Gasteiger partial charge on any atom is 0.251 e. The van der Waals surface area contributed by atoms with Gasteiger partial charge in [-0.1, -0.05) is 37.8 Å². The molecule has 1 aliphatic carbocycles. The molecule has 1 heterocycles. The van der Waals surface area contributed by atoms with Crippen LogP contribution in [-0.2, 0) is 11.2 Å². The van der Waals surface area contributed by atoms with Gasteiger partial charge in [-0.15, -0.1) is 0 Å². The van der Waals surface area contributed by atoms with E-state index < -0.39 is 0 Å². The Hall–Kier alpha value is -1.13. The van der Waals surface area contributed by atoms with Crippen LogP contribution in [0.1, 0.15) is 55.1 Å². The Kier molecular flexibility index (Phi) is 6.46. The number of hydrogen-bond donors (Lipinski definition) is 1. The minimum absolute atomic E-state index is 0.119. The summed E-state index contributed by atoms with van der Waals surface area (Å²) in [5, 5.41) is 3.24. The summed E-state index contributed by atoms with van der Waals surface area (Å²) in [4.78, 5) is 16.3. The van der Waals surface area contributed by atoms with Crippen molar-refractivity contribution in [1.82, 2.24) is 10.3 Å². The molecular formula is C16H23ClN2O2. The quantitative estimate of drug-likeness (QED) is 0.620. The average molecular weight is 311 g/mol. The van der Waals surface area contributed by atoms with Crippen LogP contribution < -0.4 is 5.32 Å². The van der Waals surface area contributed by atoms with Crippen LogP contribution in [0.4, 0.5) is 0 Å². The summed E-state index contributed by atoms with van der Waals surface area (Å²) in [6, 6.07) is 3.41. The Morgan fingerprint density at radius 1 is 1.43 bits per heavy atom. The van der Waals surface area contributed by atoms with E-state index in [-0.39, 0.29) is 5.91 Å². The lowest BCUT2D eigenvalue weighted by Crippen LogP contribution is -2.28. The number of carbonyl (C=O) groups excluding carboxylic acids is 1. The van der Waals surface area contributed by atoms with Gasteiger partial charge in [-0.3, -0.25) is 4.79 Å². The zero-order valence-electron chi connectivity index (χ0n) is 12.5. The number of ether oxygens (including phenoxy) is 1. The van der Waals surface area contributed by atoms with Crippen LogP contribution >= 0.6 is 11.6 Å². The highest BCUT2D eigenvalue weighted by atomic mass is 35.5. The van der Waals surface area contributed by atoms with Crippen molar-refractivity contribution in [2.24, 2.45) is 0 Å². The summed E-state index contributed by atoms with van der Waals surface area (Å²) in [7, 11) is 0. The summed E-state index contributed by atoms with van der Waals surface area (Å²) in [6.07, 6.45) is 6.99. The average Bonchev–Trinajstić information content (AvgIpc) is 2.96. The van der Waals surface area contributed by atoms with Crippen LogP contribution in [0.3, 0.4) is 0 Å².